The second-order valence-corrected chi connectivity index (χ2v) is 12.2. The average Bonchev–Trinajstić information content (AvgIpc) is 3.43. The summed E-state index contributed by atoms with van der Waals surface area (Å²) in [6, 6.07) is 6.65. The number of nitrogens with zero attached hydrogens (tertiary/aromatic N) is 1. The maximum absolute atomic E-state index is 13.7. The lowest BCUT2D eigenvalue weighted by atomic mass is 9.71. The molecule has 2 aromatic carbocycles. The Hall–Kier alpha value is -2.86. The van der Waals surface area contributed by atoms with Crippen molar-refractivity contribution in [2.75, 3.05) is 5.32 Å². The SMILES string of the molecule is O=C(Nc1ccc(F)c(F)c1)c1ccc(Cl)c(S(=O)(=O)C2C[C@H]3CC[C@@H](C2)C3(O)C(O)c2ncc[nH]2)c1. The number of aromatic amines is 1. The van der Waals surface area contributed by atoms with Gasteiger partial charge < -0.3 is 20.5 Å². The van der Waals surface area contributed by atoms with Crippen LogP contribution < -0.4 is 5.32 Å². The molecule has 196 valence electrons. The minimum Gasteiger partial charge on any atom is -0.386 e. The fourth-order valence-electron chi connectivity index (χ4n) is 5.71. The molecule has 8 nitrogen and oxygen atoms in total. The first-order valence-corrected chi connectivity index (χ1v) is 13.6. The minimum atomic E-state index is -4.03. The van der Waals surface area contributed by atoms with Crippen molar-refractivity contribution in [2.45, 2.75) is 47.5 Å². The van der Waals surface area contributed by atoms with Gasteiger partial charge in [0.2, 0.25) is 0 Å². The fourth-order valence-corrected chi connectivity index (χ4v) is 8.11. The van der Waals surface area contributed by atoms with Crippen LogP contribution in [-0.2, 0) is 9.84 Å². The van der Waals surface area contributed by atoms with Crippen molar-refractivity contribution in [2.24, 2.45) is 11.8 Å². The molecule has 0 spiro atoms. The van der Waals surface area contributed by atoms with Crippen molar-refractivity contribution in [1.82, 2.24) is 9.97 Å². The first-order chi connectivity index (χ1) is 17.5. The fraction of sp³-hybridized carbons (Fsp3) is 0.360. The summed E-state index contributed by atoms with van der Waals surface area (Å²) >= 11 is 6.26. The Morgan fingerprint density at radius 1 is 1.14 bits per heavy atom. The van der Waals surface area contributed by atoms with Crippen molar-refractivity contribution in [3.63, 3.8) is 0 Å². The quantitative estimate of drug-likeness (QED) is 0.366. The minimum absolute atomic E-state index is 0.00140. The lowest BCUT2D eigenvalue weighted by Gasteiger charge is -2.44. The number of halogens is 3. The molecule has 2 aliphatic carbocycles. The number of carbonyl (C=O) groups is 1. The van der Waals surface area contributed by atoms with Gasteiger partial charge in [-0.2, -0.15) is 0 Å². The lowest BCUT2D eigenvalue weighted by Crippen LogP contribution is -2.52. The maximum Gasteiger partial charge on any atom is 0.255 e. The van der Waals surface area contributed by atoms with Gasteiger partial charge in [-0.1, -0.05) is 11.6 Å². The molecule has 2 bridgehead atoms. The molecule has 5 atom stereocenters. The molecule has 1 amide bonds. The summed E-state index contributed by atoms with van der Waals surface area (Å²) in [7, 11) is -4.03. The van der Waals surface area contributed by atoms with E-state index in [1.165, 1.54) is 30.6 Å². The van der Waals surface area contributed by atoms with Gasteiger partial charge in [-0.05, 0) is 67.9 Å². The third-order valence-electron chi connectivity index (χ3n) is 7.60. The molecule has 0 radical (unpaired) electrons. The van der Waals surface area contributed by atoms with E-state index >= 15 is 0 Å². The van der Waals surface area contributed by atoms with E-state index in [0.717, 1.165) is 18.2 Å². The van der Waals surface area contributed by atoms with Crippen molar-refractivity contribution >= 4 is 33.0 Å². The molecule has 2 fully saturated rings. The Morgan fingerprint density at radius 3 is 2.46 bits per heavy atom. The highest BCUT2D eigenvalue weighted by Crippen LogP contribution is 2.56. The number of carbonyl (C=O) groups excluding carboxylic acids is 1. The average molecular weight is 552 g/mol. The standard InChI is InChI=1S/C25H24ClF2N3O5S/c26-18-5-1-13(24(33)31-16-4-6-19(27)20(28)12-16)9-21(18)37(35,36)17-10-14-2-3-15(11-17)25(14,34)22(32)23-29-7-8-30-23/h1,4-9,12,14-15,17,22,32,34H,2-3,10-11H2,(H,29,30)(H,31,33)/t14-,15+,17?,22?,25?. The molecular formula is C25H24ClF2N3O5S. The smallest absolute Gasteiger partial charge is 0.255 e. The molecule has 0 saturated heterocycles. The normalized spacial score (nSPS) is 26.1. The number of aliphatic hydroxyl groups excluding tert-OH is 1. The summed E-state index contributed by atoms with van der Waals surface area (Å²) < 4.78 is 54.0. The van der Waals surface area contributed by atoms with Crippen LogP contribution in [0.2, 0.25) is 5.02 Å². The third-order valence-corrected chi connectivity index (χ3v) is 10.3. The molecule has 4 N–H and O–H groups in total. The predicted molar refractivity (Wildman–Crippen MR) is 131 cm³/mol. The van der Waals surface area contributed by atoms with Crippen LogP contribution >= 0.6 is 11.6 Å². The number of hydrogen-bond donors (Lipinski definition) is 4. The summed E-state index contributed by atoms with van der Waals surface area (Å²) in [5, 5.41) is 23.8. The second-order valence-electron chi connectivity index (χ2n) is 9.60. The molecule has 37 heavy (non-hydrogen) atoms. The Bertz CT molecular complexity index is 1440. The number of imidazole rings is 1. The van der Waals surface area contributed by atoms with Crippen LogP contribution in [0.3, 0.4) is 0 Å². The molecule has 3 aromatic rings. The van der Waals surface area contributed by atoms with Gasteiger partial charge >= 0.3 is 0 Å². The van der Waals surface area contributed by atoms with Crippen LogP contribution in [0.1, 0.15) is 48.0 Å². The van der Waals surface area contributed by atoms with E-state index in [9.17, 15) is 32.2 Å². The van der Waals surface area contributed by atoms with Crippen molar-refractivity contribution in [3.8, 4) is 0 Å². The first-order valence-electron chi connectivity index (χ1n) is 11.7. The van der Waals surface area contributed by atoms with Gasteiger partial charge in [-0.15, -0.1) is 0 Å². The number of benzene rings is 2. The number of rotatable bonds is 6. The van der Waals surface area contributed by atoms with E-state index in [1.54, 1.807) is 0 Å². The van der Waals surface area contributed by atoms with Crippen molar-refractivity contribution in [1.29, 1.82) is 0 Å². The first kappa shape index (κ1) is 25.8. The van der Waals surface area contributed by atoms with Crippen molar-refractivity contribution in [3.05, 3.63) is 76.8 Å². The Kier molecular flexibility index (Phi) is 6.59. The summed E-state index contributed by atoms with van der Waals surface area (Å²) in [5.41, 5.74) is -1.54. The predicted octanol–water partition coefficient (Wildman–Crippen LogP) is 4.02. The van der Waals surface area contributed by atoms with Crippen LogP contribution in [0.15, 0.2) is 53.7 Å². The second kappa shape index (κ2) is 9.46. The number of sulfone groups is 1. The molecule has 1 aromatic heterocycles. The van der Waals surface area contributed by atoms with Gasteiger partial charge in [-0.25, -0.2) is 22.2 Å². The Balaban J connectivity index is 1.39. The summed E-state index contributed by atoms with van der Waals surface area (Å²) in [5.74, 6) is -3.67. The summed E-state index contributed by atoms with van der Waals surface area (Å²) in [6.07, 6.45) is 3.04. The molecular weight excluding hydrogens is 528 g/mol. The maximum atomic E-state index is 13.7. The summed E-state index contributed by atoms with van der Waals surface area (Å²) in [6.45, 7) is 0. The van der Waals surface area contributed by atoms with Gasteiger partial charge in [0.1, 0.15) is 17.5 Å². The van der Waals surface area contributed by atoms with Crippen LogP contribution in [0.4, 0.5) is 14.5 Å². The van der Waals surface area contributed by atoms with Crippen LogP contribution in [-0.4, -0.2) is 45.4 Å². The Labute approximate surface area is 216 Å². The number of hydrogen-bond acceptors (Lipinski definition) is 6. The van der Waals surface area contributed by atoms with Crippen molar-refractivity contribution < 1.29 is 32.2 Å². The number of fused-ring (bicyclic) bond motifs is 2. The number of aliphatic hydroxyl groups is 2. The zero-order valence-corrected chi connectivity index (χ0v) is 20.9. The highest BCUT2D eigenvalue weighted by atomic mass is 35.5. The van der Waals surface area contributed by atoms with Crippen LogP contribution in [0.5, 0.6) is 0 Å². The summed E-state index contributed by atoms with van der Waals surface area (Å²) in [4.78, 5) is 19.4. The number of nitrogens with one attached hydrogen (secondary N) is 2. The molecule has 1 heterocycles. The van der Waals surface area contributed by atoms with Gasteiger partial charge in [0.05, 0.1) is 15.2 Å². The van der Waals surface area contributed by atoms with Crippen LogP contribution in [0.25, 0.3) is 0 Å². The number of aromatic nitrogens is 2. The van der Waals surface area contributed by atoms with Gasteiger partial charge in [0.15, 0.2) is 21.5 Å². The van der Waals surface area contributed by atoms with E-state index in [-0.39, 0.29) is 39.8 Å². The molecule has 3 unspecified atom stereocenters. The van der Waals surface area contributed by atoms with E-state index in [1.807, 2.05) is 0 Å². The Morgan fingerprint density at radius 2 is 1.84 bits per heavy atom. The molecule has 2 aliphatic rings. The van der Waals surface area contributed by atoms with Gasteiger partial charge in [0, 0.05) is 29.7 Å². The molecule has 0 aliphatic heterocycles. The van der Waals surface area contributed by atoms with E-state index < -0.39 is 56.2 Å². The van der Waals surface area contributed by atoms with E-state index in [0.29, 0.717) is 12.8 Å². The molecule has 12 heteroatoms. The number of anilines is 1. The van der Waals surface area contributed by atoms with Crippen LogP contribution in [0, 0.1) is 23.5 Å². The zero-order chi connectivity index (χ0) is 26.5. The number of H-pyrrole nitrogens is 1. The topological polar surface area (TPSA) is 132 Å². The van der Waals surface area contributed by atoms with Gasteiger partial charge in [0.25, 0.3) is 5.91 Å². The van der Waals surface area contributed by atoms with E-state index in [4.69, 9.17) is 11.6 Å². The monoisotopic (exact) mass is 551 g/mol. The van der Waals surface area contributed by atoms with Gasteiger partial charge in [-0.3, -0.25) is 4.79 Å². The highest BCUT2D eigenvalue weighted by Gasteiger charge is 2.59. The molecule has 2 saturated carbocycles. The lowest BCUT2D eigenvalue weighted by molar-refractivity contribution is -0.147. The van der Waals surface area contributed by atoms with E-state index in [2.05, 4.69) is 15.3 Å². The zero-order valence-electron chi connectivity index (χ0n) is 19.4. The number of amides is 1. The largest absolute Gasteiger partial charge is 0.386 e. The highest BCUT2D eigenvalue weighted by molar-refractivity contribution is 7.92. The third kappa shape index (κ3) is 4.43. The molecule has 5 rings (SSSR count).